The number of ether oxygens (including phenoxy) is 1. The van der Waals surface area contributed by atoms with Crippen molar-refractivity contribution in [2.75, 3.05) is 6.61 Å². The molecule has 0 unspecified atom stereocenters. The lowest BCUT2D eigenvalue weighted by Gasteiger charge is -2.13. The molecule has 3 rings (SSSR count). The van der Waals surface area contributed by atoms with E-state index in [1.165, 1.54) is 24.3 Å². The average Bonchev–Trinajstić information content (AvgIpc) is 2.76. The number of hydrogen-bond donors (Lipinski definition) is 2. The van der Waals surface area contributed by atoms with E-state index in [0.29, 0.717) is 16.9 Å². The van der Waals surface area contributed by atoms with Crippen LogP contribution in [0.2, 0.25) is 0 Å². The number of rotatable bonds is 7. The van der Waals surface area contributed by atoms with Crippen molar-refractivity contribution in [1.82, 2.24) is 5.32 Å². The zero-order chi connectivity index (χ0) is 22.4. The average molecular weight is 432 g/mol. The number of alkyl halides is 3. The predicted octanol–water partition coefficient (Wildman–Crippen LogP) is 4.67. The van der Waals surface area contributed by atoms with Gasteiger partial charge in [0.1, 0.15) is 11.6 Å². The van der Waals surface area contributed by atoms with Gasteiger partial charge in [-0.3, -0.25) is 4.79 Å². The first kappa shape index (κ1) is 22.3. The smallest absolute Gasteiger partial charge is 0.416 e. The molecule has 0 heterocycles. The highest BCUT2D eigenvalue weighted by Crippen LogP contribution is 2.29. The predicted molar refractivity (Wildman–Crippen MR) is 109 cm³/mol. The first-order valence-electron chi connectivity index (χ1n) is 9.41. The minimum Gasteiger partial charge on any atom is -0.483 e. The van der Waals surface area contributed by atoms with Crippen LogP contribution in [0.25, 0.3) is 11.1 Å². The lowest BCUT2D eigenvalue weighted by Crippen LogP contribution is -2.28. The van der Waals surface area contributed by atoms with E-state index in [-0.39, 0.29) is 25.5 Å². The van der Waals surface area contributed by atoms with Gasteiger partial charge in [-0.25, -0.2) is 4.39 Å². The summed E-state index contributed by atoms with van der Waals surface area (Å²) in [6, 6.07) is 15.9. The topological polar surface area (TPSA) is 64.3 Å². The Labute approximate surface area is 176 Å². The normalized spacial score (nSPS) is 11.3. The largest absolute Gasteiger partial charge is 0.483 e. The van der Waals surface area contributed by atoms with E-state index in [1.54, 1.807) is 24.3 Å². The van der Waals surface area contributed by atoms with Crippen molar-refractivity contribution in [3.63, 3.8) is 0 Å². The maximum Gasteiger partial charge on any atom is 0.416 e. The Morgan fingerprint density at radius 2 is 1.58 bits per heavy atom. The Balaban J connectivity index is 1.56. The van der Waals surface area contributed by atoms with Gasteiger partial charge in [-0.15, -0.1) is 0 Å². The van der Waals surface area contributed by atoms with E-state index < -0.39 is 17.6 Å². The molecular formula is C23H20F4N2O2. The zero-order valence-corrected chi connectivity index (χ0v) is 16.4. The van der Waals surface area contributed by atoms with Gasteiger partial charge in [0.05, 0.1) is 5.56 Å². The Morgan fingerprint density at radius 1 is 0.935 bits per heavy atom. The van der Waals surface area contributed by atoms with Crippen molar-refractivity contribution < 1.29 is 27.1 Å². The molecule has 3 aromatic rings. The number of carbonyl (C=O) groups excluding carboxylic acids is 1. The molecule has 0 aromatic heterocycles. The molecule has 0 saturated carbocycles. The van der Waals surface area contributed by atoms with E-state index in [1.807, 2.05) is 6.07 Å². The molecule has 0 spiro atoms. The molecule has 31 heavy (non-hydrogen) atoms. The highest BCUT2D eigenvalue weighted by atomic mass is 19.4. The Hall–Kier alpha value is -3.39. The first-order chi connectivity index (χ1) is 14.8. The summed E-state index contributed by atoms with van der Waals surface area (Å²) in [7, 11) is 0. The van der Waals surface area contributed by atoms with Crippen LogP contribution in [0.4, 0.5) is 17.6 Å². The molecule has 0 aliphatic carbocycles. The maximum absolute atomic E-state index is 13.1. The van der Waals surface area contributed by atoms with E-state index in [2.05, 4.69) is 5.32 Å². The number of hydrogen-bond acceptors (Lipinski definition) is 3. The molecule has 1 amide bonds. The molecule has 8 heteroatoms. The van der Waals surface area contributed by atoms with Crippen molar-refractivity contribution in [1.29, 1.82) is 0 Å². The van der Waals surface area contributed by atoms with Gasteiger partial charge >= 0.3 is 6.18 Å². The summed E-state index contributed by atoms with van der Waals surface area (Å²) in [5, 5.41) is 2.60. The summed E-state index contributed by atoms with van der Waals surface area (Å²) < 4.78 is 56.4. The Kier molecular flexibility index (Phi) is 6.91. The Bertz CT molecular complexity index is 1030. The van der Waals surface area contributed by atoms with E-state index >= 15 is 0 Å². The summed E-state index contributed by atoms with van der Waals surface area (Å²) in [4.78, 5) is 12.1. The van der Waals surface area contributed by atoms with Crippen molar-refractivity contribution in [3.8, 4) is 16.9 Å². The van der Waals surface area contributed by atoms with Gasteiger partial charge in [-0.1, -0.05) is 30.3 Å². The molecule has 0 fully saturated rings. The molecule has 4 nitrogen and oxygen atoms in total. The lowest BCUT2D eigenvalue weighted by molar-refractivity contribution is -0.137. The minimum atomic E-state index is -4.40. The molecular weight excluding hydrogens is 412 g/mol. The van der Waals surface area contributed by atoms with Gasteiger partial charge in [-0.2, -0.15) is 13.2 Å². The SMILES string of the molecule is NCc1cc(-c2ccc(F)cc2)ccc1OCC(=O)NCc1ccc(C(F)(F)F)cc1. The molecule has 162 valence electrons. The molecule has 3 aromatic carbocycles. The van der Waals surface area contributed by atoms with Gasteiger partial charge in [0.2, 0.25) is 0 Å². The van der Waals surface area contributed by atoms with Crippen LogP contribution in [0.1, 0.15) is 16.7 Å². The second-order valence-corrected chi connectivity index (χ2v) is 6.79. The molecule has 0 atom stereocenters. The number of nitrogens with two attached hydrogens (primary N) is 1. The summed E-state index contributed by atoms with van der Waals surface area (Å²) in [5.74, 6) is -0.311. The van der Waals surface area contributed by atoms with Crippen LogP contribution in [0, 0.1) is 5.82 Å². The fourth-order valence-electron chi connectivity index (χ4n) is 2.91. The molecule has 3 N–H and O–H groups in total. The minimum absolute atomic E-state index is 0.0770. The highest BCUT2D eigenvalue weighted by Gasteiger charge is 2.29. The second-order valence-electron chi connectivity index (χ2n) is 6.79. The van der Waals surface area contributed by atoms with Gasteiger partial charge < -0.3 is 15.8 Å². The number of amides is 1. The standard InChI is InChI=1S/C23H20F4N2O2/c24-20-8-3-16(4-9-20)17-5-10-21(18(11-17)12-28)31-14-22(30)29-13-15-1-6-19(7-2-15)23(25,26)27/h1-11H,12-14,28H2,(H,29,30). The first-order valence-corrected chi connectivity index (χ1v) is 9.41. The van der Waals surface area contributed by atoms with E-state index in [4.69, 9.17) is 10.5 Å². The monoisotopic (exact) mass is 432 g/mol. The van der Waals surface area contributed by atoms with Crippen LogP contribution >= 0.6 is 0 Å². The van der Waals surface area contributed by atoms with E-state index in [9.17, 15) is 22.4 Å². The van der Waals surface area contributed by atoms with Crippen LogP contribution in [-0.4, -0.2) is 12.5 Å². The fraction of sp³-hybridized carbons (Fsp3) is 0.174. The number of nitrogens with one attached hydrogen (secondary N) is 1. The molecule has 0 bridgehead atoms. The summed E-state index contributed by atoms with van der Waals surface area (Å²) in [6.45, 7) is -0.0192. The molecule has 0 saturated heterocycles. The van der Waals surface area contributed by atoms with E-state index in [0.717, 1.165) is 23.3 Å². The number of halogens is 4. The second kappa shape index (κ2) is 9.61. The molecule has 0 radical (unpaired) electrons. The van der Waals surface area contributed by atoms with Crippen LogP contribution in [-0.2, 0) is 24.1 Å². The van der Waals surface area contributed by atoms with Gasteiger partial charge in [0.25, 0.3) is 5.91 Å². The third-order valence-electron chi connectivity index (χ3n) is 4.59. The van der Waals surface area contributed by atoms with Crippen molar-refractivity contribution in [2.45, 2.75) is 19.3 Å². The summed E-state index contributed by atoms with van der Waals surface area (Å²) in [6.07, 6.45) is -4.40. The van der Waals surface area contributed by atoms with Gasteiger partial charge in [0, 0.05) is 18.7 Å². The van der Waals surface area contributed by atoms with Crippen LogP contribution in [0.3, 0.4) is 0 Å². The molecule has 0 aliphatic heterocycles. The summed E-state index contributed by atoms with van der Waals surface area (Å²) >= 11 is 0. The third kappa shape index (κ3) is 6.05. The van der Waals surface area contributed by atoms with Crippen LogP contribution < -0.4 is 15.8 Å². The fourth-order valence-corrected chi connectivity index (χ4v) is 2.91. The lowest BCUT2D eigenvalue weighted by atomic mass is 10.0. The van der Waals surface area contributed by atoms with Crippen molar-refractivity contribution in [3.05, 3.63) is 89.2 Å². The van der Waals surface area contributed by atoms with Gasteiger partial charge in [0.15, 0.2) is 6.61 Å². The van der Waals surface area contributed by atoms with Crippen LogP contribution in [0.5, 0.6) is 5.75 Å². The van der Waals surface area contributed by atoms with Gasteiger partial charge in [-0.05, 0) is 53.1 Å². The van der Waals surface area contributed by atoms with Crippen molar-refractivity contribution >= 4 is 5.91 Å². The maximum atomic E-state index is 13.1. The zero-order valence-electron chi connectivity index (χ0n) is 16.4. The van der Waals surface area contributed by atoms with Crippen molar-refractivity contribution in [2.24, 2.45) is 5.73 Å². The quantitative estimate of drug-likeness (QED) is 0.534. The highest BCUT2D eigenvalue weighted by molar-refractivity contribution is 5.77. The summed E-state index contributed by atoms with van der Waals surface area (Å²) in [5.41, 5.74) is 7.90. The third-order valence-corrected chi connectivity index (χ3v) is 4.59. The van der Waals surface area contributed by atoms with Crippen LogP contribution in [0.15, 0.2) is 66.7 Å². The Morgan fingerprint density at radius 3 is 2.19 bits per heavy atom. The number of benzene rings is 3. The molecule has 0 aliphatic rings. The number of carbonyl (C=O) groups is 1.